The van der Waals surface area contributed by atoms with Gasteiger partial charge in [0.2, 0.25) is 5.91 Å². The Hall–Kier alpha value is -3.16. The molecule has 0 bridgehead atoms. The SMILES string of the molecule is CCNC(=NCC(=O)Nc1cccc(F)c1)N1CCN(c2ccccn2)CC1. The summed E-state index contributed by atoms with van der Waals surface area (Å²) in [5.41, 5.74) is 0.425. The van der Waals surface area contributed by atoms with Crippen LogP contribution >= 0.6 is 0 Å². The van der Waals surface area contributed by atoms with Crippen LogP contribution < -0.4 is 15.5 Å². The number of halogens is 1. The Kier molecular flexibility index (Phi) is 6.78. The van der Waals surface area contributed by atoms with Gasteiger partial charge < -0.3 is 20.4 Å². The van der Waals surface area contributed by atoms with Gasteiger partial charge in [-0.05, 0) is 37.3 Å². The van der Waals surface area contributed by atoms with Crippen LogP contribution in [0.15, 0.2) is 53.7 Å². The minimum Gasteiger partial charge on any atom is -0.357 e. The fraction of sp³-hybridized carbons (Fsp3) is 0.350. The number of nitrogens with zero attached hydrogens (tertiary/aromatic N) is 4. The fourth-order valence-corrected chi connectivity index (χ4v) is 3.03. The van der Waals surface area contributed by atoms with E-state index in [0.29, 0.717) is 18.2 Å². The van der Waals surface area contributed by atoms with E-state index >= 15 is 0 Å². The number of rotatable bonds is 5. The number of hydrogen-bond acceptors (Lipinski definition) is 4. The molecule has 8 heteroatoms. The van der Waals surface area contributed by atoms with Crippen molar-refractivity contribution in [3.05, 3.63) is 54.5 Å². The van der Waals surface area contributed by atoms with Crippen molar-refractivity contribution in [2.24, 2.45) is 4.99 Å². The minimum atomic E-state index is -0.389. The molecule has 1 aromatic heterocycles. The number of carbonyl (C=O) groups excluding carboxylic acids is 1. The molecule has 0 unspecified atom stereocenters. The molecule has 0 spiro atoms. The maximum absolute atomic E-state index is 13.2. The average Bonchev–Trinajstić information content (AvgIpc) is 2.72. The summed E-state index contributed by atoms with van der Waals surface area (Å²) in [6.07, 6.45) is 1.80. The van der Waals surface area contributed by atoms with E-state index in [1.807, 2.05) is 25.1 Å². The first-order chi connectivity index (χ1) is 13.7. The number of benzene rings is 1. The van der Waals surface area contributed by atoms with Crippen molar-refractivity contribution >= 4 is 23.4 Å². The Morgan fingerprint density at radius 2 is 2.00 bits per heavy atom. The molecule has 1 aromatic carbocycles. The number of anilines is 2. The molecule has 2 heterocycles. The molecule has 0 saturated carbocycles. The summed E-state index contributed by atoms with van der Waals surface area (Å²) in [7, 11) is 0. The summed E-state index contributed by atoms with van der Waals surface area (Å²) in [5.74, 6) is 1.00. The van der Waals surface area contributed by atoms with E-state index in [9.17, 15) is 9.18 Å². The Balaban J connectivity index is 1.56. The lowest BCUT2D eigenvalue weighted by molar-refractivity contribution is -0.114. The van der Waals surface area contributed by atoms with Gasteiger partial charge in [-0.3, -0.25) is 4.79 Å². The Bertz CT molecular complexity index is 805. The van der Waals surface area contributed by atoms with Crippen LogP contribution in [-0.2, 0) is 4.79 Å². The van der Waals surface area contributed by atoms with Gasteiger partial charge in [0.1, 0.15) is 18.2 Å². The van der Waals surface area contributed by atoms with E-state index in [1.54, 1.807) is 18.3 Å². The Labute approximate surface area is 164 Å². The minimum absolute atomic E-state index is 0.0285. The van der Waals surface area contributed by atoms with Gasteiger partial charge in [0, 0.05) is 44.6 Å². The van der Waals surface area contributed by atoms with Crippen molar-refractivity contribution in [2.75, 3.05) is 49.5 Å². The number of aliphatic imine (C=N–C) groups is 1. The molecule has 1 saturated heterocycles. The highest BCUT2D eigenvalue weighted by atomic mass is 19.1. The molecular weight excluding hydrogens is 359 g/mol. The lowest BCUT2D eigenvalue weighted by Gasteiger charge is -2.37. The molecular formula is C20H25FN6O. The number of guanidine groups is 1. The third-order valence-corrected chi connectivity index (χ3v) is 4.37. The topological polar surface area (TPSA) is 72.9 Å². The molecule has 3 rings (SSSR count). The maximum Gasteiger partial charge on any atom is 0.246 e. The fourth-order valence-electron chi connectivity index (χ4n) is 3.03. The number of carbonyl (C=O) groups is 1. The molecule has 2 aromatic rings. The van der Waals surface area contributed by atoms with E-state index < -0.39 is 0 Å². The number of pyridine rings is 1. The molecule has 7 nitrogen and oxygen atoms in total. The quantitative estimate of drug-likeness (QED) is 0.609. The summed E-state index contributed by atoms with van der Waals surface area (Å²) in [4.78, 5) is 25.4. The van der Waals surface area contributed by atoms with Crippen molar-refractivity contribution in [3.63, 3.8) is 0 Å². The van der Waals surface area contributed by atoms with Gasteiger partial charge in [-0.1, -0.05) is 12.1 Å². The standard InChI is InChI=1S/C20H25FN6O/c1-2-22-20(24-15-19(28)25-17-7-5-6-16(21)14-17)27-12-10-26(11-13-27)18-8-3-4-9-23-18/h3-9,14H,2,10-13,15H2,1H3,(H,22,24)(H,25,28). The van der Waals surface area contributed by atoms with Gasteiger partial charge in [0.25, 0.3) is 0 Å². The van der Waals surface area contributed by atoms with Crippen LogP contribution in [0.3, 0.4) is 0 Å². The molecule has 0 atom stereocenters. The lowest BCUT2D eigenvalue weighted by atomic mass is 10.3. The smallest absolute Gasteiger partial charge is 0.246 e. The van der Waals surface area contributed by atoms with Gasteiger partial charge in [-0.25, -0.2) is 14.4 Å². The van der Waals surface area contributed by atoms with E-state index in [4.69, 9.17) is 0 Å². The largest absolute Gasteiger partial charge is 0.357 e. The Morgan fingerprint density at radius 1 is 1.18 bits per heavy atom. The first kappa shape index (κ1) is 19.6. The van der Waals surface area contributed by atoms with Gasteiger partial charge >= 0.3 is 0 Å². The number of aromatic nitrogens is 1. The number of amides is 1. The van der Waals surface area contributed by atoms with Crippen LogP contribution in [0.2, 0.25) is 0 Å². The van der Waals surface area contributed by atoms with E-state index in [1.165, 1.54) is 12.1 Å². The van der Waals surface area contributed by atoms with Crippen molar-refractivity contribution in [3.8, 4) is 0 Å². The number of nitrogens with one attached hydrogen (secondary N) is 2. The van der Waals surface area contributed by atoms with Crippen molar-refractivity contribution < 1.29 is 9.18 Å². The Morgan fingerprint density at radius 3 is 2.68 bits per heavy atom. The molecule has 148 valence electrons. The van der Waals surface area contributed by atoms with Crippen LogP contribution in [0.25, 0.3) is 0 Å². The first-order valence-electron chi connectivity index (χ1n) is 9.40. The second-order valence-corrected chi connectivity index (χ2v) is 6.39. The zero-order chi connectivity index (χ0) is 19.8. The van der Waals surface area contributed by atoms with Crippen molar-refractivity contribution in [1.82, 2.24) is 15.2 Å². The summed E-state index contributed by atoms with van der Waals surface area (Å²) >= 11 is 0. The molecule has 1 amide bonds. The normalized spacial score (nSPS) is 14.7. The van der Waals surface area contributed by atoms with E-state index in [0.717, 1.165) is 32.0 Å². The van der Waals surface area contributed by atoms with Gasteiger partial charge in [-0.15, -0.1) is 0 Å². The van der Waals surface area contributed by atoms with Crippen LogP contribution in [0.5, 0.6) is 0 Å². The molecule has 0 radical (unpaired) electrons. The monoisotopic (exact) mass is 384 g/mol. The van der Waals surface area contributed by atoms with Crippen LogP contribution in [-0.4, -0.2) is 61.0 Å². The highest BCUT2D eigenvalue weighted by Crippen LogP contribution is 2.13. The van der Waals surface area contributed by atoms with E-state index in [-0.39, 0.29) is 18.3 Å². The van der Waals surface area contributed by atoms with Crippen molar-refractivity contribution in [2.45, 2.75) is 6.92 Å². The summed E-state index contributed by atoms with van der Waals surface area (Å²) in [5, 5.41) is 5.90. The first-order valence-corrected chi connectivity index (χ1v) is 9.40. The van der Waals surface area contributed by atoms with E-state index in [2.05, 4.69) is 30.4 Å². The summed E-state index contributed by atoms with van der Waals surface area (Å²) in [6.45, 7) is 5.91. The summed E-state index contributed by atoms with van der Waals surface area (Å²) < 4.78 is 13.2. The molecule has 1 fully saturated rings. The van der Waals surface area contributed by atoms with Crippen LogP contribution in [0, 0.1) is 5.82 Å². The van der Waals surface area contributed by atoms with Gasteiger partial charge in [0.15, 0.2) is 5.96 Å². The van der Waals surface area contributed by atoms with Crippen LogP contribution in [0.1, 0.15) is 6.92 Å². The highest BCUT2D eigenvalue weighted by Gasteiger charge is 2.20. The summed E-state index contributed by atoms with van der Waals surface area (Å²) in [6, 6.07) is 11.7. The second kappa shape index (κ2) is 9.68. The third-order valence-electron chi connectivity index (χ3n) is 4.37. The molecule has 28 heavy (non-hydrogen) atoms. The van der Waals surface area contributed by atoms with Gasteiger partial charge in [-0.2, -0.15) is 0 Å². The average molecular weight is 384 g/mol. The zero-order valence-corrected chi connectivity index (χ0v) is 15.9. The van der Waals surface area contributed by atoms with Crippen LogP contribution in [0.4, 0.5) is 15.9 Å². The van der Waals surface area contributed by atoms with Crippen molar-refractivity contribution in [1.29, 1.82) is 0 Å². The second-order valence-electron chi connectivity index (χ2n) is 6.39. The molecule has 2 N–H and O–H groups in total. The third kappa shape index (κ3) is 5.42. The molecule has 1 aliphatic rings. The maximum atomic E-state index is 13.2. The predicted molar refractivity (Wildman–Crippen MR) is 109 cm³/mol. The zero-order valence-electron chi connectivity index (χ0n) is 15.9. The number of piperazine rings is 1. The molecule has 0 aliphatic carbocycles. The number of hydrogen-bond donors (Lipinski definition) is 2. The van der Waals surface area contributed by atoms with Gasteiger partial charge in [0.05, 0.1) is 0 Å². The highest BCUT2D eigenvalue weighted by molar-refractivity contribution is 5.94. The lowest BCUT2D eigenvalue weighted by Crippen LogP contribution is -2.53. The molecule has 1 aliphatic heterocycles. The predicted octanol–water partition coefficient (Wildman–Crippen LogP) is 1.95.